The molecule has 5 nitrogen and oxygen atoms in total. The molecule has 23 heavy (non-hydrogen) atoms. The van der Waals surface area contributed by atoms with Crippen molar-refractivity contribution in [2.45, 2.75) is 45.1 Å². The van der Waals surface area contributed by atoms with Crippen LogP contribution in [0.4, 0.5) is 5.69 Å². The minimum absolute atomic E-state index is 0.0675. The molecule has 126 valence electrons. The Hall–Kier alpha value is -1.66. The second-order valence-corrected chi connectivity index (χ2v) is 5.96. The molecular formula is C17H24N2O3S. The fourth-order valence-corrected chi connectivity index (χ4v) is 2.56. The number of hydrogen-bond donors (Lipinski definition) is 2. The number of para-hydroxylation sites is 2. The lowest BCUT2D eigenvalue weighted by atomic mass is 10.2. The Bertz CT molecular complexity index is 530. The number of unbranched alkanes of at least 4 members (excludes halogenated alkanes) is 1. The highest BCUT2D eigenvalue weighted by molar-refractivity contribution is 7.80. The lowest BCUT2D eigenvalue weighted by molar-refractivity contribution is -0.119. The minimum atomic E-state index is -0.0675. The number of rotatable bonds is 7. The monoisotopic (exact) mass is 336 g/mol. The summed E-state index contributed by atoms with van der Waals surface area (Å²) in [5, 5.41) is 6.01. The van der Waals surface area contributed by atoms with E-state index in [1.807, 2.05) is 31.2 Å². The highest BCUT2D eigenvalue weighted by Crippen LogP contribution is 2.25. The maximum Gasteiger partial charge on any atom is 0.226 e. The van der Waals surface area contributed by atoms with Crippen LogP contribution in [0.1, 0.15) is 39.0 Å². The van der Waals surface area contributed by atoms with Gasteiger partial charge in [-0.25, -0.2) is 0 Å². The van der Waals surface area contributed by atoms with Crippen molar-refractivity contribution in [2.75, 3.05) is 18.5 Å². The zero-order valence-corrected chi connectivity index (χ0v) is 14.3. The van der Waals surface area contributed by atoms with E-state index in [2.05, 4.69) is 10.6 Å². The molecule has 0 bridgehead atoms. The summed E-state index contributed by atoms with van der Waals surface area (Å²) in [7, 11) is 0. The number of anilines is 1. The fourth-order valence-electron chi connectivity index (χ4n) is 2.33. The van der Waals surface area contributed by atoms with Crippen LogP contribution in [0.25, 0.3) is 0 Å². The SMILES string of the molecule is CCCCC(=O)NC(=S)Nc1ccccc1OCC1CCCO1. The van der Waals surface area contributed by atoms with Gasteiger partial charge in [0.15, 0.2) is 5.11 Å². The number of carbonyl (C=O) groups is 1. The smallest absolute Gasteiger partial charge is 0.226 e. The van der Waals surface area contributed by atoms with Gasteiger partial charge in [-0.15, -0.1) is 0 Å². The van der Waals surface area contributed by atoms with Crippen molar-refractivity contribution in [1.82, 2.24) is 5.32 Å². The standard InChI is InChI=1S/C17H24N2O3S/c1-2-3-10-16(20)19-17(23)18-14-8-4-5-9-15(14)22-12-13-7-6-11-21-13/h4-5,8-9,13H,2-3,6-7,10-12H2,1H3,(H2,18,19,20,23). The molecule has 1 aliphatic rings. The molecule has 1 aromatic carbocycles. The molecule has 0 radical (unpaired) electrons. The van der Waals surface area contributed by atoms with Gasteiger partial charge in [0, 0.05) is 13.0 Å². The van der Waals surface area contributed by atoms with Crippen molar-refractivity contribution in [3.63, 3.8) is 0 Å². The predicted molar refractivity (Wildman–Crippen MR) is 94.8 cm³/mol. The molecule has 2 rings (SSSR count). The van der Waals surface area contributed by atoms with Crippen LogP contribution < -0.4 is 15.4 Å². The average molecular weight is 336 g/mol. The second kappa shape index (κ2) is 9.47. The Labute approximate surface area is 142 Å². The number of ether oxygens (including phenoxy) is 2. The van der Waals surface area contributed by atoms with E-state index in [1.54, 1.807) is 0 Å². The van der Waals surface area contributed by atoms with Gasteiger partial charge in [0.2, 0.25) is 5.91 Å². The van der Waals surface area contributed by atoms with Crippen molar-refractivity contribution >= 4 is 28.9 Å². The summed E-state index contributed by atoms with van der Waals surface area (Å²) in [5.74, 6) is 0.635. The van der Waals surface area contributed by atoms with Crippen molar-refractivity contribution < 1.29 is 14.3 Å². The van der Waals surface area contributed by atoms with Gasteiger partial charge in [-0.1, -0.05) is 25.5 Å². The van der Waals surface area contributed by atoms with Crippen LogP contribution in [0.2, 0.25) is 0 Å². The van der Waals surface area contributed by atoms with Crippen LogP contribution in [0.5, 0.6) is 5.75 Å². The number of nitrogens with one attached hydrogen (secondary N) is 2. The fraction of sp³-hybridized carbons (Fsp3) is 0.529. The second-order valence-electron chi connectivity index (χ2n) is 5.55. The van der Waals surface area contributed by atoms with Gasteiger partial charge in [0.25, 0.3) is 0 Å². The highest BCUT2D eigenvalue weighted by Gasteiger charge is 2.17. The zero-order valence-electron chi connectivity index (χ0n) is 13.5. The Morgan fingerprint density at radius 1 is 1.43 bits per heavy atom. The number of benzene rings is 1. The van der Waals surface area contributed by atoms with E-state index >= 15 is 0 Å². The van der Waals surface area contributed by atoms with Gasteiger partial charge >= 0.3 is 0 Å². The van der Waals surface area contributed by atoms with Gasteiger partial charge in [0.1, 0.15) is 12.4 Å². The van der Waals surface area contributed by atoms with Gasteiger partial charge in [0.05, 0.1) is 11.8 Å². The first-order valence-corrected chi connectivity index (χ1v) is 8.54. The molecule has 1 heterocycles. The zero-order chi connectivity index (χ0) is 16.5. The summed E-state index contributed by atoms with van der Waals surface area (Å²) in [5.41, 5.74) is 0.742. The molecule has 6 heteroatoms. The molecular weight excluding hydrogens is 312 g/mol. The van der Waals surface area contributed by atoms with Gasteiger partial charge < -0.3 is 20.1 Å². The molecule has 1 saturated heterocycles. The van der Waals surface area contributed by atoms with E-state index in [1.165, 1.54) is 0 Å². The van der Waals surface area contributed by atoms with E-state index in [0.717, 1.165) is 38.0 Å². The molecule has 0 spiro atoms. The van der Waals surface area contributed by atoms with Crippen molar-refractivity contribution in [3.8, 4) is 5.75 Å². The molecule has 0 aliphatic carbocycles. The van der Waals surface area contributed by atoms with Crippen LogP contribution in [-0.2, 0) is 9.53 Å². The highest BCUT2D eigenvalue weighted by atomic mass is 32.1. The quantitative estimate of drug-likeness (QED) is 0.749. The predicted octanol–water partition coefficient (Wildman–Crippen LogP) is 3.25. The van der Waals surface area contributed by atoms with E-state index in [9.17, 15) is 4.79 Å². The van der Waals surface area contributed by atoms with Gasteiger partial charge in [-0.05, 0) is 43.6 Å². The third-order valence-electron chi connectivity index (χ3n) is 3.59. The van der Waals surface area contributed by atoms with Crippen LogP contribution in [0.3, 0.4) is 0 Å². The molecule has 1 amide bonds. The lowest BCUT2D eigenvalue weighted by Crippen LogP contribution is -2.34. The van der Waals surface area contributed by atoms with Crippen LogP contribution in [-0.4, -0.2) is 30.3 Å². The third kappa shape index (κ3) is 6.15. The largest absolute Gasteiger partial charge is 0.489 e. The molecule has 1 atom stereocenters. The van der Waals surface area contributed by atoms with Gasteiger partial charge in [-0.2, -0.15) is 0 Å². The summed E-state index contributed by atoms with van der Waals surface area (Å²) in [6, 6.07) is 7.54. The summed E-state index contributed by atoms with van der Waals surface area (Å²) in [4.78, 5) is 11.7. The van der Waals surface area contributed by atoms with Crippen LogP contribution in [0, 0.1) is 0 Å². The maximum atomic E-state index is 11.7. The van der Waals surface area contributed by atoms with E-state index < -0.39 is 0 Å². The topological polar surface area (TPSA) is 59.6 Å². The average Bonchev–Trinajstić information content (AvgIpc) is 3.05. The molecule has 1 aliphatic heterocycles. The van der Waals surface area contributed by atoms with Crippen molar-refractivity contribution in [1.29, 1.82) is 0 Å². The Morgan fingerprint density at radius 2 is 2.26 bits per heavy atom. The first-order chi connectivity index (χ1) is 11.2. The molecule has 1 fully saturated rings. The normalized spacial score (nSPS) is 16.8. The molecule has 0 aromatic heterocycles. The molecule has 1 unspecified atom stereocenters. The summed E-state index contributed by atoms with van der Waals surface area (Å²) in [6.45, 7) is 3.38. The van der Waals surface area contributed by atoms with E-state index in [0.29, 0.717) is 23.9 Å². The summed E-state index contributed by atoms with van der Waals surface area (Å²) >= 11 is 5.19. The number of carbonyl (C=O) groups excluding carboxylic acids is 1. The first kappa shape index (κ1) is 17.7. The van der Waals surface area contributed by atoms with Gasteiger partial charge in [-0.3, -0.25) is 4.79 Å². The Morgan fingerprint density at radius 3 is 3.00 bits per heavy atom. The Kier molecular flexibility index (Phi) is 7.29. The van der Waals surface area contributed by atoms with E-state index in [4.69, 9.17) is 21.7 Å². The number of amides is 1. The van der Waals surface area contributed by atoms with E-state index in [-0.39, 0.29) is 12.0 Å². The van der Waals surface area contributed by atoms with Crippen LogP contribution >= 0.6 is 12.2 Å². The number of hydrogen-bond acceptors (Lipinski definition) is 4. The first-order valence-electron chi connectivity index (χ1n) is 8.13. The lowest BCUT2D eigenvalue weighted by Gasteiger charge is -2.16. The van der Waals surface area contributed by atoms with Crippen molar-refractivity contribution in [3.05, 3.63) is 24.3 Å². The van der Waals surface area contributed by atoms with Crippen LogP contribution in [0.15, 0.2) is 24.3 Å². The molecule has 0 saturated carbocycles. The number of thiocarbonyl (C=S) groups is 1. The Balaban J connectivity index is 1.86. The summed E-state index contributed by atoms with van der Waals surface area (Å²) < 4.78 is 11.4. The molecule has 2 N–H and O–H groups in total. The minimum Gasteiger partial charge on any atom is -0.489 e. The maximum absolute atomic E-state index is 11.7. The third-order valence-corrected chi connectivity index (χ3v) is 3.80. The molecule has 1 aromatic rings. The van der Waals surface area contributed by atoms with Crippen molar-refractivity contribution in [2.24, 2.45) is 0 Å². The summed E-state index contributed by atoms with van der Waals surface area (Å²) in [6.07, 6.45) is 4.59.